The molecule has 0 radical (unpaired) electrons. The van der Waals surface area contributed by atoms with Gasteiger partial charge in [-0.15, -0.1) is 0 Å². The Labute approximate surface area is 238 Å². The third-order valence-electron chi connectivity index (χ3n) is 6.25. The third kappa shape index (κ3) is 28.2. The van der Waals surface area contributed by atoms with Crippen molar-refractivity contribution in [1.29, 1.82) is 0 Å². The molecule has 1 atom stereocenters. The van der Waals surface area contributed by atoms with Gasteiger partial charge >= 0.3 is 11.9 Å². The summed E-state index contributed by atoms with van der Waals surface area (Å²) < 4.78 is 5.78. The Balaban J connectivity index is 4.43. The fraction of sp³-hybridized carbons (Fsp3) is 0.667. The number of esters is 1. The topological polar surface area (TPSA) is 92.7 Å². The van der Waals surface area contributed by atoms with Crippen LogP contribution >= 0.6 is 0 Å². The summed E-state index contributed by atoms with van der Waals surface area (Å²) in [5.74, 6) is -1.43. The molecule has 6 nitrogen and oxygen atoms in total. The van der Waals surface area contributed by atoms with Gasteiger partial charge in [-0.2, -0.15) is 0 Å². The highest BCUT2D eigenvalue weighted by Gasteiger charge is 2.12. The SMILES string of the molecule is CC/C=C\C/C=C\C/C=C\C/C=C\C(CCCCCC(=O)NCC(=O)O)OC(=O)CCCCCCCCCC. The number of carboxylic acids is 1. The van der Waals surface area contributed by atoms with Crippen molar-refractivity contribution in [2.24, 2.45) is 0 Å². The quantitative estimate of drug-likeness (QED) is 0.0647. The van der Waals surface area contributed by atoms with Crippen molar-refractivity contribution in [3.63, 3.8) is 0 Å². The van der Waals surface area contributed by atoms with E-state index in [-0.39, 0.29) is 24.5 Å². The maximum absolute atomic E-state index is 12.5. The molecule has 0 aliphatic carbocycles. The van der Waals surface area contributed by atoms with Crippen LogP contribution < -0.4 is 5.32 Å². The molecule has 1 amide bonds. The molecule has 0 saturated carbocycles. The summed E-state index contributed by atoms with van der Waals surface area (Å²) in [4.78, 5) is 34.6. The van der Waals surface area contributed by atoms with Gasteiger partial charge in [0.1, 0.15) is 12.6 Å². The highest BCUT2D eigenvalue weighted by molar-refractivity contribution is 5.80. The van der Waals surface area contributed by atoms with Crippen LogP contribution in [0.4, 0.5) is 0 Å². The van der Waals surface area contributed by atoms with E-state index in [1.807, 2.05) is 6.08 Å². The van der Waals surface area contributed by atoms with Gasteiger partial charge in [0.15, 0.2) is 0 Å². The minimum atomic E-state index is -1.04. The summed E-state index contributed by atoms with van der Waals surface area (Å²) >= 11 is 0. The molecule has 1 unspecified atom stereocenters. The molecule has 39 heavy (non-hydrogen) atoms. The molecule has 2 N–H and O–H groups in total. The van der Waals surface area contributed by atoms with Crippen LogP contribution in [0.5, 0.6) is 0 Å². The van der Waals surface area contributed by atoms with Crippen LogP contribution in [-0.2, 0) is 19.1 Å². The van der Waals surface area contributed by atoms with E-state index < -0.39 is 5.97 Å². The summed E-state index contributed by atoms with van der Waals surface area (Å²) in [6.07, 6.45) is 33.8. The summed E-state index contributed by atoms with van der Waals surface area (Å²) in [5, 5.41) is 11.0. The van der Waals surface area contributed by atoms with E-state index in [2.05, 4.69) is 61.7 Å². The Morgan fingerprint density at radius 1 is 0.692 bits per heavy atom. The fourth-order valence-corrected chi connectivity index (χ4v) is 4.01. The number of rotatable bonds is 26. The lowest BCUT2D eigenvalue weighted by Gasteiger charge is -2.14. The predicted octanol–water partition coefficient (Wildman–Crippen LogP) is 8.39. The molecule has 0 aliphatic heterocycles. The Bertz CT molecular complexity index is 738. The predicted molar refractivity (Wildman–Crippen MR) is 162 cm³/mol. The van der Waals surface area contributed by atoms with Crippen LogP contribution in [-0.4, -0.2) is 35.6 Å². The van der Waals surface area contributed by atoms with Gasteiger partial charge in [-0.1, -0.05) is 108 Å². The molecule has 6 heteroatoms. The van der Waals surface area contributed by atoms with Crippen molar-refractivity contribution in [3.8, 4) is 0 Å². The number of carbonyl (C=O) groups excluding carboxylic acids is 2. The average molecular weight is 546 g/mol. The number of allylic oxidation sites excluding steroid dienone is 7. The van der Waals surface area contributed by atoms with Crippen molar-refractivity contribution in [2.45, 2.75) is 136 Å². The van der Waals surface area contributed by atoms with Crippen LogP contribution in [0.3, 0.4) is 0 Å². The molecule has 0 aromatic heterocycles. The summed E-state index contributed by atoms with van der Waals surface area (Å²) in [6.45, 7) is 4.01. The maximum atomic E-state index is 12.5. The van der Waals surface area contributed by atoms with Crippen LogP contribution in [0, 0.1) is 0 Å². The third-order valence-corrected chi connectivity index (χ3v) is 6.25. The zero-order valence-electron chi connectivity index (χ0n) is 24.7. The summed E-state index contributed by atoms with van der Waals surface area (Å²) in [5.41, 5.74) is 0. The highest BCUT2D eigenvalue weighted by Crippen LogP contribution is 2.14. The second-order valence-electron chi connectivity index (χ2n) is 9.98. The number of unbranched alkanes of at least 4 members (excludes halogenated alkanes) is 9. The lowest BCUT2D eigenvalue weighted by atomic mass is 10.1. The maximum Gasteiger partial charge on any atom is 0.322 e. The van der Waals surface area contributed by atoms with Crippen molar-refractivity contribution >= 4 is 17.8 Å². The van der Waals surface area contributed by atoms with E-state index in [0.29, 0.717) is 25.7 Å². The normalized spacial score (nSPS) is 12.7. The smallest absolute Gasteiger partial charge is 0.322 e. The van der Waals surface area contributed by atoms with Gasteiger partial charge in [0.25, 0.3) is 0 Å². The van der Waals surface area contributed by atoms with Gasteiger partial charge in [0.05, 0.1) is 0 Å². The molecule has 0 aromatic rings. The number of hydrogen-bond donors (Lipinski definition) is 2. The van der Waals surface area contributed by atoms with E-state index in [1.165, 1.54) is 38.5 Å². The Kier molecular flexibility index (Phi) is 26.5. The molecule has 0 saturated heterocycles. The average Bonchev–Trinajstić information content (AvgIpc) is 2.91. The zero-order chi connectivity index (χ0) is 28.8. The zero-order valence-corrected chi connectivity index (χ0v) is 24.7. The Hall–Kier alpha value is -2.63. The van der Waals surface area contributed by atoms with E-state index in [9.17, 15) is 14.4 Å². The van der Waals surface area contributed by atoms with Crippen molar-refractivity contribution < 1.29 is 24.2 Å². The summed E-state index contributed by atoms with van der Waals surface area (Å²) in [7, 11) is 0. The van der Waals surface area contributed by atoms with Crippen LogP contribution in [0.1, 0.15) is 129 Å². The van der Waals surface area contributed by atoms with Crippen molar-refractivity contribution in [3.05, 3.63) is 48.6 Å². The van der Waals surface area contributed by atoms with Crippen molar-refractivity contribution in [1.82, 2.24) is 5.32 Å². The van der Waals surface area contributed by atoms with E-state index in [1.54, 1.807) is 0 Å². The van der Waals surface area contributed by atoms with Gasteiger partial charge in [-0.25, -0.2) is 0 Å². The first-order valence-electron chi connectivity index (χ1n) is 15.3. The molecule has 222 valence electrons. The fourth-order valence-electron chi connectivity index (χ4n) is 4.01. The number of amides is 1. The van der Waals surface area contributed by atoms with Crippen LogP contribution in [0.2, 0.25) is 0 Å². The molecule has 0 aliphatic rings. The first-order chi connectivity index (χ1) is 19.0. The minimum absolute atomic E-state index is 0.138. The molecule has 0 heterocycles. The van der Waals surface area contributed by atoms with E-state index in [0.717, 1.165) is 51.4 Å². The number of carbonyl (C=O) groups is 3. The van der Waals surface area contributed by atoms with Gasteiger partial charge in [0, 0.05) is 12.8 Å². The number of nitrogens with one attached hydrogen (secondary N) is 1. The number of ether oxygens (including phenoxy) is 1. The lowest BCUT2D eigenvalue weighted by Crippen LogP contribution is -2.28. The van der Waals surface area contributed by atoms with Crippen molar-refractivity contribution in [2.75, 3.05) is 6.54 Å². The molecule has 0 rings (SSSR count). The number of hydrogen-bond acceptors (Lipinski definition) is 4. The summed E-state index contributed by atoms with van der Waals surface area (Å²) in [6, 6.07) is 0. The monoisotopic (exact) mass is 545 g/mol. The number of aliphatic carboxylic acids is 1. The molecule has 0 fully saturated rings. The number of carboxylic acid groups (broad SMARTS) is 1. The minimum Gasteiger partial charge on any atom is -0.480 e. The molecular weight excluding hydrogens is 490 g/mol. The highest BCUT2D eigenvalue weighted by atomic mass is 16.5. The largest absolute Gasteiger partial charge is 0.480 e. The van der Waals surface area contributed by atoms with Gasteiger partial charge in [-0.3, -0.25) is 14.4 Å². The van der Waals surface area contributed by atoms with E-state index >= 15 is 0 Å². The first-order valence-corrected chi connectivity index (χ1v) is 15.3. The van der Waals surface area contributed by atoms with Crippen LogP contribution in [0.25, 0.3) is 0 Å². The molecule has 0 aromatic carbocycles. The van der Waals surface area contributed by atoms with Gasteiger partial charge in [-0.05, 0) is 57.4 Å². The molecular formula is C33H55NO5. The van der Waals surface area contributed by atoms with E-state index in [4.69, 9.17) is 9.84 Å². The Morgan fingerprint density at radius 3 is 1.85 bits per heavy atom. The molecule has 0 bridgehead atoms. The second kappa shape index (κ2) is 28.4. The van der Waals surface area contributed by atoms with Gasteiger partial charge in [0.2, 0.25) is 5.91 Å². The lowest BCUT2D eigenvalue weighted by molar-refractivity contribution is -0.147. The standard InChI is InChI=1S/C33H55NO5/c1-3-5-7-9-11-13-14-15-16-18-21-25-30(26-22-20-23-27-31(35)34-29-32(36)37)39-33(38)28-24-19-17-12-10-8-6-4-2/h5,7,11,13,15-16,21,25,30H,3-4,6,8-10,12,14,17-20,22-24,26-29H2,1-2H3,(H,34,35)(H,36,37)/b7-5-,13-11-,16-15-,25-21-. The second-order valence-corrected chi connectivity index (χ2v) is 9.98. The Morgan fingerprint density at radius 2 is 1.23 bits per heavy atom. The van der Waals surface area contributed by atoms with Gasteiger partial charge < -0.3 is 15.2 Å². The van der Waals surface area contributed by atoms with Crippen LogP contribution in [0.15, 0.2) is 48.6 Å². The molecule has 0 spiro atoms. The first kappa shape index (κ1) is 36.4.